The molecule has 15 heavy (non-hydrogen) atoms. The highest BCUT2D eigenvalue weighted by Gasteiger charge is 2.37. The van der Waals surface area contributed by atoms with E-state index in [1.807, 2.05) is 6.92 Å². The molecular weight excluding hydrogens is 186 g/mol. The van der Waals surface area contributed by atoms with Crippen LogP contribution in [-0.4, -0.2) is 12.3 Å². The lowest BCUT2D eigenvalue weighted by Crippen LogP contribution is -2.40. The summed E-state index contributed by atoms with van der Waals surface area (Å²) in [6, 6.07) is 0. The molecule has 2 N–H and O–H groups in total. The van der Waals surface area contributed by atoms with Gasteiger partial charge in [-0.25, -0.2) is 0 Å². The van der Waals surface area contributed by atoms with Crippen molar-refractivity contribution in [3.63, 3.8) is 0 Å². The van der Waals surface area contributed by atoms with Crippen LogP contribution >= 0.6 is 0 Å². The minimum Gasteiger partial charge on any atom is -0.329 e. The van der Waals surface area contributed by atoms with Crippen molar-refractivity contribution in [3.8, 4) is 0 Å². The van der Waals surface area contributed by atoms with Crippen LogP contribution in [0.3, 0.4) is 0 Å². The van der Waals surface area contributed by atoms with Crippen LogP contribution in [-0.2, 0) is 4.79 Å². The Morgan fingerprint density at radius 1 is 1.33 bits per heavy atom. The standard InChI is InChI=1S/C13H23NO/c1-3-11(2)9-12(15)13(10-14)7-5-4-6-8-13/h2-10,14H2,1H3. The van der Waals surface area contributed by atoms with E-state index in [-0.39, 0.29) is 5.41 Å². The second kappa shape index (κ2) is 5.45. The van der Waals surface area contributed by atoms with Crippen molar-refractivity contribution in [1.29, 1.82) is 0 Å². The molecule has 0 aromatic carbocycles. The zero-order chi connectivity index (χ0) is 11.3. The molecule has 0 radical (unpaired) electrons. The van der Waals surface area contributed by atoms with Gasteiger partial charge in [-0.05, 0) is 19.3 Å². The summed E-state index contributed by atoms with van der Waals surface area (Å²) in [6.07, 6.45) is 6.96. The molecule has 0 saturated heterocycles. The van der Waals surface area contributed by atoms with E-state index in [9.17, 15) is 4.79 Å². The van der Waals surface area contributed by atoms with Gasteiger partial charge in [0.25, 0.3) is 0 Å². The molecule has 0 amide bonds. The van der Waals surface area contributed by atoms with Crippen molar-refractivity contribution in [2.24, 2.45) is 11.1 Å². The molecule has 86 valence electrons. The van der Waals surface area contributed by atoms with Crippen molar-refractivity contribution in [1.82, 2.24) is 0 Å². The van der Waals surface area contributed by atoms with E-state index in [1.54, 1.807) is 0 Å². The van der Waals surface area contributed by atoms with Crippen LogP contribution in [0.5, 0.6) is 0 Å². The third kappa shape index (κ3) is 2.91. The molecule has 0 aromatic heterocycles. The maximum Gasteiger partial charge on any atom is 0.144 e. The fourth-order valence-electron chi connectivity index (χ4n) is 2.36. The molecule has 0 aromatic rings. The zero-order valence-corrected chi connectivity index (χ0v) is 9.85. The molecule has 0 spiro atoms. The lowest BCUT2D eigenvalue weighted by atomic mass is 9.70. The van der Waals surface area contributed by atoms with Gasteiger partial charge < -0.3 is 5.73 Å². The molecule has 1 rings (SSSR count). The number of hydrogen-bond acceptors (Lipinski definition) is 2. The average molecular weight is 209 g/mol. The van der Waals surface area contributed by atoms with Gasteiger partial charge in [-0.2, -0.15) is 0 Å². The highest BCUT2D eigenvalue weighted by molar-refractivity contribution is 5.87. The molecule has 1 saturated carbocycles. The van der Waals surface area contributed by atoms with Crippen molar-refractivity contribution >= 4 is 5.78 Å². The predicted molar refractivity (Wildman–Crippen MR) is 63.6 cm³/mol. The molecule has 0 atom stereocenters. The van der Waals surface area contributed by atoms with Gasteiger partial charge in [-0.1, -0.05) is 38.3 Å². The van der Waals surface area contributed by atoms with Gasteiger partial charge in [0.2, 0.25) is 0 Å². The van der Waals surface area contributed by atoms with Crippen molar-refractivity contribution in [3.05, 3.63) is 12.2 Å². The van der Waals surface area contributed by atoms with Gasteiger partial charge in [0.1, 0.15) is 5.78 Å². The Bertz CT molecular complexity index is 239. The Kier molecular flexibility index (Phi) is 4.52. The van der Waals surface area contributed by atoms with Crippen LogP contribution in [0.15, 0.2) is 12.2 Å². The normalized spacial score (nSPS) is 19.9. The summed E-state index contributed by atoms with van der Waals surface area (Å²) in [4.78, 5) is 12.2. The molecule has 0 heterocycles. The van der Waals surface area contributed by atoms with Crippen LogP contribution < -0.4 is 5.73 Å². The summed E-state index contributed by atoms with van der Waals surface area (Å²) in [5, 5.41) is 0. The first kappa shape index (κ1) is 12.4. The first-order valence-corrected chi connectivity index (χ1v) is 6.04. The van der Waals surface area contributed by atoms with Gasteiger partial charge >= 0.3 is 0 Å². The van der Waals surface area contributed by atoms with Gasteiger partial charge in [-0.3, -0.25) is 4.79 Å². The minimum absolute atomic E-state index is 0.212. The monoisotopic (exact) mass is 209 g/mol. The summed E-state index contributed by atoms with van der Waals surface area (Å²) >= 11 is 0. The highest BCUT2D eigenvalue weighted by atomic mass is 16.1. The number of carbonyl (C=O) groups excluding carboxylic acids is 1. The molecule has 0 aliphatic heterocycles. The van der Waals surface area contributed by atoms with Gasteiger partial charge in [0.15, 0.2) is 0 Å². The van der Waals surface area contributed by atoms with Crippen LogP contribution in [0.4, 0.5) is 0 Å². The van der Waals surface area contributed by atoms with Crippen LogP contribution in [0.1, 0.15) is 51.9 Å². The second-order valence-electron chi connectivity index (χ2n) is 4.75. The quantitative estimate of drug-likeness (QED) is 0.707. The number of ketones is 1. The first-order valence-electron chi connectivity index (χ1n) is 6.04. The average Bonchev–Trinajstić information content (AvgIpc) is 2.29. The van der Waals surface area contributed by atoms with Crippen molar-refractivity contribution in [2.75, 3.05) is 6.54 Å². The number of hydrogen-bond donors (Lipinski definition) is 1. The predicted octanol–water partition coefficient (Wildman–Crippen LogP) is 2.82. The van der Waals surface area contributed by atoms with E-state index in [1.165, 1.54) is 6.42 Å². The van der Waals surface area contributed by atoms with Crippen LogP contribution in [0.2, 0.25) is 0 Å². The molecule has 1 aliphatic carbocycles. The molecule has 2 nitrogen and oxygen atoms in total. The van der Waals surface area contributed by atoms with Gasteiger partial charge in [-0.15, -0.1) is 0 Å². The number of allylic oxidation sites excluding steroid dienone is 1. The number of nitrogens with two attached hydrogens (primary N) is 1. The Hall–Kier alpha value is -0.630. The van der Waals surface area contributed by atoms with Crippen molar-refractivity contribution < 1.29 is 4.79 Å². The van der Waals surface area contributed by atoms with Gasteiger partial charge in [0, 0.05) is 18.4 Å². The lowest BCUT2D eigenvalue weighted by molar-refractivity contribution is -0.129. The van der Waals surface area contributed by atoms with E-state index in [0.29, 0.717) is 18.7 Å². The Labute approximate surface area is 92.9 Å². The summed E-state index contributed by atoms with van der Waals surface area (Å²) in [7, 11) is 0. The number of Topliss-reactive ketones (excluding diaryl/α,β-unsaturated/α-hetero) is 1. The third-order valence-corrected chi connectivity index (χ3v) is 3.70. The Balaban J connectivity index is 2.63. The summed E-state index contributed by atoms with van der Waals surface area (Å²) in [5.74, 6) is 0.330. The van der Waals surface area contributed by atoms with E-state index in [0.717, 1.165) is 37.7 Å². The molecule has 0 bridgehead atoms. The fraction of sp³-hybridized carbons (Fsp3) is 0.769. The molecular formula is C13H23NO. The minimum atomic E-state index is -0.212. The van der Waals surface area contributed by atoms with Crippen LogP contribution in [0, 0.1) is 5.41 Å². The van der Waals surface area contributed by atoms with E-state index in [2.05, 4.69) is 6.58 Å². The summed E-state index contributed by atoms with van der Waals surface area (Å²) in [5.41, 5.74) is 6.63. The Morgan fingerprint density at radius 2 is 1.93 bits per heavy atom. The van der Waals surface area contributed by atoms with E-state index in [4.69, 9.17) is 5.73 Å². The SMILES string of the molecule is C=C(CC)CC(=O)C1(CN)CCCCC1. The molecule has 0 unspecified atom stereocenters. The second-order valence-corrected chi connectivity index (χ2v) is 4.75. The first-order chi connectivity index (χ1) is 7.14. The summed E-state index contributed by atoms with van der Waals surface area (Å²) < 4.78 is 0. The maximum absolute atomic E-state index is 12.2. The van der Waals surface area contributed by atoms with Gasteiger partial charge in [0.05, 0.1) is 0 Å². The largest absolute Gasteiger partial charge is 0.329 e. The molecule has 1 aliphatic rings. The fourth-order valence-corrected chi connectivity index (χ4v) is 2.36. The van der Waals surface area contributed by atoms with Crippen molar-refractivity contribution in [2.45, 2.75) is 51.9 Å². The smallest absolute Gasteiger partial charge is 0.144 e. The lowest BCUT2D eigenvalue weighted by Gasteiger charge is -2.34. The Morgan fingerprint density at radius 3 is 2.40 bits per heavy atom. The number of rotatable bonds is 5. The zero-order valence-electron chi connectivity index (χ0n) is 9.85. The summed E-state index contributed by atoms with van der Waals surface area (Å²) in [6.45, 7) is 6.48. The van der Waals surface area contributed by atoms with E-state index < -0.39 is 0 Å². The van der Waals surface area contributed by atoms with Crippen LogP contribution in [0.25, 0.3) is 0 Å². The topological polar surface area (TPSA) is 43.1 Å². The number of carbonyl (C=O) groups is 1. The third-order valence-electron chi connectivity index (χ3n) is 3.70. The highest BCUT2D eigenvalue weighted by Crippen LogP contribution is 2.37. The molecule has 2 heteroatoms. The maximum atomic E-state index is 12.2. The van der Waals surface area contributed by atoms with E-state index >= 15 is 0 Å². The molecule has 1 fully saturated rings.